The summed E-state index contributed by atoms with van der Waals surface area (Å²) < 4.78 is 5.02. The fourth-order valence-corrected chi connectivity index (χ4v) is 3.16. The highest BCUT2D eigenvalue weighted by Crippen LogP contribution is 2.14. The number of carbonyl (C=O) groups excluding carboxylic acids is 1. The average Bonchev–Trinajstić information content (AvgIpc) is 2.67. The van der Waals surface area contributed by atoms with E-state index in [0.717, 1.165) is 38.8 Å². The normalized spacial score (nSPS) is 12.1. The molecule has 25 heavy (non-hydrogen) atoms. The van der Waals surface area contributed by atoms with Crippen LogP contribution in [0.25, 0.3) is 0 Å². The van der Waals surface area contributed by atoms with Crippen LogP contribution < -0.4 is 0 Å². The van der Waals surface area contributed by atoms with Gasteiger partial charge in [0, 0.05) is 6.54 Å². The summed E-state index contributed by atoms with van der Waals surface area (Å²) in [5.41, 5.74) is 2.60. The molecule has 2 aromatic carbocycles. The smallest absolute Gasteiger partial charge is 0.323 e. The quantitative estimate of drug-likeness (QED) is 0.473. The molecule has 0 radical (unpaired) electrons. The largest absolute Gasteiger partial charge is 0.468 e. The van der Waals surface area contributed by atoms with Crippen molar-refractivity contribution < 1.29 is 9.53 Å². The van der Waals surface area contributed by atoms with Crippen LogP contribution in [0, 0.1) is 0 Å². The fourth-order valence-electron chi connectivity index (χ4n) is 3.16. The molecule has 0 heterocycles. The molecule has 0 N–H and O–H groups in total. The first-order chi connectivity index (χ1) is 12.2. The Morgan fingerprint density at radius 1 is 0.960 bits per heavy atom. The highest BCUT2D eigenvalue weighted by Gasteiger charge is 2.24. The lowest BCUT2D eigenvalue weighted by molar-refractivity contribution is -0.147. The Hall–Kier alpha value is -2.13. The minimum absolute atomic E-state index is 0.138. The highest BCUT2D eigenvalue weighted by molar-refractivity contribution is 5.75. The van der Waals surface area contributed by atoms with Crippen LogP contribution in [0.1, 0.15) is 37.3 Å². The number of nitrogens with zero attached hydrogens (tertiary/aromatic N) is 1. The number of methoxy groups -OCH3 is 1. The standard InChI is InChI=1S/C22H29NO2/c1-3-21(22(24)25-2)23(18-20-15-8-5-9-16-20)17-11-10-14-19-12-6-4-7-13-19/h4-9,12-13,15-16,21H,3,10-11,14,17-18H2,1-2H3. The van der Waals surface area contributed by atoms with E-state index in [0.29, 0.717) is 0 Å². The van der Waals surface area contributed by atoms with Crippen molar-refractivity contribution in [2.45, 2.75) is 45.2 Å². The van der Waals surface area contributed by atoms with Crippen molar-refractivity contribution in [1.29, 1.82) is 0 Å². The van der Waals surface area contributed by atoms with E-state index in [9.17, 15) is 4.79 Å². The van der Waals surface area contributed by atoms with Gasteiger partial charge in [0.1, 0.15) is 6.04 Å². The van der Waals surface area contributed by atoms with Gasteiger partial charge in [-0.15, -0.1) is 0 Å². The van der Waals surface area contributed by atoms with Gasteiger partial charge in [-0.25, -0.2) is 0 Å². The van der Waals surface area contributed by atoms with Gasteiger partial charge in [-0.05, 0) is 43.4 Å². The van der Waals surface area contributed by atoms with Crippen molar-refractivity contribution in [3.63, 3.8) is 0 Å². The van der Waals surface area contributed by atoms with E-state index in [-0.39, 0.29) is 12.0 Å². The van der Waals surface area contributed by atoms with Crippen LogP contribution in [0.2, 0.25) is 0 Å². The molecule has 3 heteroatoms. The summed E-state index contributed by atoms with van der Waals surface area (Å²) in [4.78, 5) is 14.4. The predicted molar refractivity (Wildman–Crippen MR) is 102 cm³/mol. The van der Waals surface area contributed by atoms with Gasteiger partial charge in [0.05, 0.1) is 7.11 Å². The number of esters is 1. The lowest BCUT2D eigenvalue weighted by Crippen LogP contribution is -2.41. The number of unbranched alkanes of at least 4 members (excludes halogenated alkanes) is 1. The zero-order valence-electron chi connectivity index (χ0n) is 15.4. The molecule has 0 aliphatic heterocycles. The lowest BCUT2D eigenvalue weighted by atomic mass is 10.1. The summed E-state index contributed by atoms with van der Waals surface area (Å²) in [5.74, 6) is -0.138. The van der Waals surface area contributed by atoms with Gasteiger partial charge >= 0.3 is 5.97 Å². The molecule has 2 aromatic rings. The van der Waals surface area contributed by atoms with Crippen LogP contribution >= 0.6 is 0 Å². The topological polar surface area (TPSA) is 29.5 Å². The molecule has 0 aliphatic carbocycles. The second-order valence-electron chi connectivity index (χ2n) is 6.35. The molecule has 0 saturated heterocycles. The molecule has 0 aromatic heterocycles. The molecule has 2 rings (SSSR count). The minimum atomic E-state index is -0.179. The van der Waals surface area contributed by atoms with Gasteiger partial charge in [0.15, 0.2) is 0 Å². The van der Waals surface area contributed by atoms with E-state index >= 15 is 0 Å². The Bertz CT molecular complexity index is 612. The van der Waals surface area contributed by atoms with Crippen molar-refractivity contribution in [3.8, 4) is 0 Å². The Morgan fingerprint density at radius 3 is 2.12 bits per heavy atom. The summed E-state index contributed by atoms with van der Waals surface area (Å²) >= 11 is 0. The SMILES string of the molecule is CCC(C(=O)OC)N(CCCCc1ccccc1)Cc1ccccc1. The Labute approximate surface area is 151 Å². The molecule has 0 saturated carbocycles. The van der Waals surface area contributed by atoms with E-state index < -0.39 is 0 Å². The van der Waals surface area contributed by atoms with Crippen molar-refractivity contribution in [3.05, 3.63) is 71.8 Å². The average molecular weight is 339 g/mol. The number of aryl methyl sites for hydroxylation is 1. The molecule has 0 spiro atoms. The summed E-state index contributed by atoms with van der Waals surface area (Å²) in [5, 5.41) is 0. The second-order valence-corrected chi connectivity index (χ2v) is 6.35. The number of rotatable bonds is 10. The number of ether oxygens (including phenoxy) is 1. The van der Waals surface area contributed by atoms with Crippen molar-refractivity contribution >= 4 is 5.97 Å². The first-order valence-electron chi connectivity index (χ1n) is 9.14. The molecule has 3 nitrogen and oxygen atoms in total. The first-order valence-corrected chi connectivity index (χ1v) is 9.14. The van der Waals surface area contributed by atoms with Gasteiger partial charge in [0.25, 0.3) is 0 Å². The van der Waals surface area contributed by atoms with E-state index in [1.54, 1.807) is 0 Å². The number of carbonyl (C=O) groups is 1. The second kappa shape index (κ2) is 10.7. The third-order valence-corrected chi connectivity index (χ3v) is 4.53. The van der Waals surface area contributed by atoms with Gasteiger partial charge in [-0.2, -0.15) is 0 Å². The molecule has 0 fully saturated rings. The van der Waals surface area contributed by atoms with Crippen molar-refractivity contribution in [2.24, 2.45) is 0 Å². The zero-order valence-corrected chi connectivity index (χ0v) is 15.4. The summed E-state index contributed by atoms with van der Waals surface area (Å²) in [7, 11) is 1.47. The Morgan fingerprint density at radius 2 is 1.56 bits per heavy atom. The Kier molecular flexibility index (Phi) is 8.20. The molecular weight excluding hydrogens is 310 g/mol. The van der Waals surface area contributed by atoms with Crippen molar-refractivity contribution in [2.75, 3.05) is 13.7 Å². The molecule has 0 amide bonds. The molecular formula is C22H29NO2. The van der Waals surface area contributed by atoms with Crippen molar-refractivity contribution in [1.82, 2.24) is 4.90 Å². The first kappa shape index (κ1) is 19.2. The molecule has 0 bridgehead atoms. The predicted octanol–water partition coefficient (Wildman–Crippen LogP) is 4.46. The zero-order chi connectivity index (χ0) is 17.9. The van der Waals surface area contributed by atoms with Gasteiger partial charge in [-0.1, -0.05) is 67.6 Å². The third kappa shape index (κ3) is 6.35. The summed E-state index contributed by atoms with van der Waals surface area (Å²) in [6.45, 7) is 3.72. The lowest BCUT2D eigenvalue weighted by Gasteiger charge is -2.29. The van der Waals surface area contributed by atoms with Crippen LogP contribution in [-0.2, 0) is 22.5 Å². The highest BCUT2D eigenvalue weighted by atomic mass is 16.5. The maximum absolute atomic E-state index is 12.2. The van der Waals surface area contributed by atoms with Crippen LogP contribution in [0.5, 0.6) is 0 Å². The number of hydrogen-bond acceptors (Lipinski definition) is 3. The molecule has 1 atom stereocenters. The monoisotopic (exact) mass is 339 g/mol. The van der Waals surface area contributed by atoms with Crippen LogP contribution in [-0.4, -0.2) is 30.6 Å². The van der Waals surface area contributed by atoms with Gasteiger partial charge in [0.2, 0.25) is 0 Å². The van der Waals surface area contributed by atoms with E-state index in [1.807, 2.05) is 31.2 Å². The molecule has 134 valence electrons. The van der Waals surface area contributed by atoms with E-state index in [1.165, 1.54) is 18.2 Å². The van der Waals surface area contributed by atoms with Crippen LogP contribution in [0.15, 0.2) is 60.7 Å². The summed E-state index contributed by atoms with van der Waals surface area (Å²) in [6, 6.07) is 20.7. The Balaban J connectivity index is 1.94. The van der Waals surface area contributed by atoms with Gasteiger partial charge < -0.3 is 4.74 Å². The minimum Gasteiger partial charge on any atom is -0.468 e. The van der Waals surface area contributed by atoms with E-state index in [4.69, 9.17) is 4.74 Å². The van der Waals surface area contributed by atoms with Crippen LogP contribution in [0.3, 0.4) is 0 Å². The maximum Gasteiger partial charge on any atom is 0.323 e. The molecule has 1 unspecified atom stereocenters. The third-order valence-electron chi connectivity index (χ3n) is 4.53. The fraction of sp³-hybridized carbons (Fsp3) is 0.409. The number of hydrogen-bond donors (Lipinski definition) is 0. The summed E-state index contributed by atoms with van der Waals surface area (Å²) in [6.07, 6.45) is 4.02. The van der Waals surface area contributed by atoms with E-state index in [2.05, 4.69) is 41.3 Å². The van der Waals surface area contributed by atoms with Crippen LogP contribution in [0.4, 0.5) is 0 Å². The number of benzene rings is 2. The molecule has 0 aliphatic rings. The maximum atomic E-state index is 12.2. The van der Waals surface area contributed by atoms with Gasteiger partial charge in [-0.3, -0.25) is 9.69 Å².